The lowest BCUT2D eigenvalue weighted by Crippen LogP contribution is -2.08. The van der Waals surface area contributed by atoms with Crippen molar-refractivity contribution in [2.45, 2.75) is 13.5 Å². The van der Waals surface area contributed by atoms with Gasteiger partial charge in [-0.1, -0.05) is 0 Å². The van der Waals surface area contributed by atoms with Crippen LogP contribution in [0.1, 0.15) is 20.2 Å². The Morgan fingerprint density at radius 3 is 3.00 bits per heavy atom. The van der Waals surface area contributed by atoms with Gasteiger partial charge in [0, 0.05) is 11.1 Å². The van der Waals surface area contributed by atoms with Crippen molar-refractivity contribution in [3.63, 3.8) is 0 Å². The fourth-order valence-corrected chi connectivity index (χ4v) is 2.79. The summed E-state index contributed by atoms with van der Waals surface area (Å²) in [5.41, 5.74) is 5.92. The van der Waals surface area contributed by atoms with E-state index in [2.05, 4.69) is 19.4 Å². The van der Waals surface area contributed by atoms with Crippen molar-refractivity contribution in [3.05, 3.63) is 21.6 Å². The van der Waals surface area contributed by atoms with Gasteiger partial charge in [-0.3, -0.25) is 0 Å². The van der Waals surface area contributed by atoms with Gasteiger partial charge in [-0.25, -0.2) is 9.78 Å². The van der Waals surface area contributed by atoms with Gasteiger partial charge in [-0.15, -0.1) is 11.3 Å². The van der Waals surface area contributed by atoms with Crippen molar-refractivity contribution in [2.75, 3.05) is 18.2 Å². The van der Waals surface area contributed by atoms with Crippen molar-refractivity contribution in [3.8, 4) is 0 Å². The SMILES string of the molecule is COC(=O)c1c(N)nsc1NCc1ncc(C)s1. The highest BCUT2D eigenvalue weighted by molar-refractivity contribution is 7.12. The molecule has 0 aromatic carbocycles. The minimum absolute atomic E-state index is 0.185. The molecule has 2 heterocycles. The lowest BCUT2D eigenvalue weighted by atomic mass is 10.3. The molecule has 0 fully saturated rings. The third-order valence-electron chi connectivity index (χ3n) is 2.18. The average Bonchev–Trinajstić information content (AvgIpc) is 2.92. The van der Waals surface area contributed by atoms with Crippen LogP contribution in [0, 0.1) is 6.92 Å². The van der Waals surface area contributed by atoms with Gasteiger partial charge >= 0.3 is 5.97 Å². The zero-order valence-electron chi connectivity index (χ0n) is 9.89. The first kappa shape index (κ1) is 12.8. The van der Waals surface area contributed by atoms with Crippen LogP contribution in [0.4, 0.5) is 10.8 Å². The number of thiazole rings is 1. The van der Waals surface area contributed by atoms with Crippen molar-refractivity contribution >= 4 is 39.7 Å². The molecule has 2 aromatic rings. The normalized spacial score (nSPS) is 10.3. The van der Waals surface area contributed by atoms with E-state index in [4.69, 9.17) is 5.73 Å². The number of hydrogen-bond acceptors (Lipinski definition) is 8. The number of rotatable bonds is 4. The van der Waals surface area contributed by atoms with Gasteiger partial charge in [0.15, 0.2) is 5.82 Å². The Bertz CT molecular complexity index is 564. The van der Waals surface area contributed by atoms with Crippen LogP contribution in [-0.4, -0.2) is 22.4 Å². The third-order valence-corrected chi connectivity index (χ3v) is 3.91. The van der Waals surface area contributed by atoms with E-state index in [0.29, 0.717) is 11.5 Å². The maximum absolute atomic E-state index is 11.5. The first-order valence-electron chi connectivity index (χ1n) is 5.10. The summed E-state index contributed by atoms with van der Waals surface area (Å²) < 4.78 is 8.61. The molecule has 0 radical (unpaired) electrons. The molecule has 0 atom stereocenters. The van der Waals surface area contributed by atoms with E-state index in [-0.39, 0.29) is 11.4 Å². The van der Waals surface area contributed by atoms with E-state index in [1.54, 1.807) is 11.3 Å². The highest BCUT2D eigenvalue weighted by Crippen LogP contribution is 2.28. The van der Waals surface area contributed by atoms with E-state index in [0.717, 1.165) is 21.4 Å². The Balaban J connectivity index is 2.12. The fraction of sp³-hybridized carbons (Fsp3) is 0.300. The Morgan fingerprint density at radius 1 is 1.61 bits per heavy atom. The lowest BCUT2D eigenvalue weighted by Gasteiger charge is -2.03. The molecule has 2 aromatic heterocycles. The molecule has 8 heteroatoms. The predicted molar refractivity (Wildman–Crippen MR) is 72.0 cm³/mol. The van der Waals surface area contributed by atoms with Crippen molar-refractivity contribution < 1.29 is 9.53 Å². The van der Waals surface area contributed by atoms with Gasteiger partial charge in [-0.2, -0.15) is 4.37 Å². The number of anilines is 2. The van der Waals surface area contributed by atoms with Crippen LogP contribution in [0.5, 0.6) is 0 Å². The van der Waals surface area contributed by atoms with Crippen LogP contribution in [-0.2, 0) is 11.3 Å². The Morgan fingerprint density at radius 2 is 2.39 bits per heavy atom. The largest absolute Gasteiger partial charge is 0.465 e. The second kappa shape index (κ2) is 5.32. The first-order valence-corrected chi connectivity index (χ1v) is 6.69. The Kier molecular flexibility index (Phi) is 3.78. The summed E-state index contributed by atoms with van der Waals surface area (Å²) in [6, 6.07) is 0. The van der Waals surface area contributed by atoms with Crippen LogP contribution < -0.4 is 11.1 Å². The van der Waals surface area contributed by atoms with Crippen LogP contribution in [0.2, 0.25) is 0 Å². The summed E-state index contributed by atoms with van der Waals surface area (Å²) in [7, 11) is 1.31. The minimum atomic E-state index is -0.487. The summed E-state index contributed by atoms with van der Waals surface area (Å²) in [6.07, 6.45) is 1.81. The highest BCUT2D eigenvalue weighted by atomic mass is 32.1. The molecule has 0 saturated carbocycles. The van der Waals surface area contributed by atoms with Crippen LogP contribution >= 0.6 is 22.9 Å². The van der Waals surface area contributed by atoms with E-state index >= 15 is 0 Å². The number of carbonyl (C=O) groups is 1. The predicted octanol–water partition coefficient (Wildman–Crippen LogP) is 1.89. The molecular formula is C10H12N4O2S2. The minimum Gasteiger partial charge on any atom is -0.465 e. The number of ether oxygens (including phenoxy) is 1. The molecule has 0 bridgehead atoms. The number of nitrogen functional groups attached to an aromatic ring is 1. The number of nitrogens with one attached hydrogen (secondary N) is 1. The number of aromatic nitrogens is 2. The van der Waals surface area contributed by atoms with E-state index < -0.39 is 5.97 Å². The molecule has 0 spiro atoms. The molecule has 0 aliphatic heterocycles. The second-order valence-corrected chi connectivity index (χ2v) is 5.57. The summed E-state index contributed by atoms with van der Waals surface area (Å²) in [5, 5.41) is 4.65. The smallest absolute Gasteiger partial charge is 0.344 e. The first-order chi connectivity index (χ1) is 8.61. The Hall–Kier alpha value is -1.67. The number of nitrogens with two attached hydrogens (primary N) is 1. The summed E-state index contributed by atoms with van der Waals surface area (Å²) in [5.74, 6) is -0.302. The zero-order chi connectivity index (χ0) is 13.1. The number of methoxy groups -OCH3 is 1. The standard InChI is InChI=1S/C10H12N4O2S2/c1-5-3-12-6(17-5)4-13-9-7(10(15)16-2)8(11)14-18-9/h3,13H,4H2,1-2H3,(H2,11,14). The number of esters is 1. The van der Waals surface area contributed by atoms with E-state index in [1.165, 1.54) is 7.11 Å². The lowest BCUT2D eigenvalue weighted by molar-refractivity contribution is 0.0603. The van der Waals surface area contributed by atoms with Crippen molar-refractivity contribution in [1.82, 2.24) is 9.36 Å². The molecule has 2 rings (SSSR count). The molecule has 18 heavy (non-hydrogen) atoms. The third kappa shape index (κ3) is 2.59. The van der Waals surface area contributed by atoms with Crippen LogP contribution in [0.25, 0.3) is 0 Å². The van der Waals surface area contributed by atoms with Crippen molar-refractivity contribution in [2.24, 2.45) is 0 Å². The molecule has 0 aliphatic carbocycles. The number of carbonyl (C=O) groups excluding carboxylic acids is 1. The van der Waals surface area contributed by atoms with E-state index in [9.17, 15) is 4.79 Å². The molecule has 0 aliphatic rings. The molecule has 6 nitrogen and oxygen atoms in total. The van der Waals surface area contributed by atoms with Gasteiger partial charge in [0.25, 0.3) is 0 Å². The van der Waals surface area contributed by atoms with Gasteiger partial charge in [0.05, 0.1) is 13.7 Å². The van der Waals surface area contributed by atoms with Crippen LogP contribution in [0.15, 0.2) is 6.20 Å². The molecule has 0 saturated heterocycles. The van der Waals surface area contributed by atoms with Gasteiger partial charge < -0.3 is 15.8 Å². The fourth-order valence-electron chi connectivity index (χ4n) is 1.36. The van der Waals surface area contributed by atoms with Gasteiger partial charge in [-0.05, 0) is 18.5 Å². The number of hydrogen-bond donors (Lipinski definition) is 2. The molecule has 96 valence electrons. The Labute approximate surface area is 112 Å². The second-order valence-electron chi connectivity index (χ2n) is 3.48. The van der Waals surface area contributed by atoms with E-state index in [1.807, 2.05) is 13.1 Å². The summed E-state index contributed by atoms with van der Waals surface area (Å²) in [6.45, 7) is 2.52. The van der Waals surface area contributed by atoms with Gasteiger partial charge in [0.2, 0.25) is 0 Å². The zero-order valence-corrected chi connectivity index (χ0v) is 11.5. The summed E-state index contributed by atoms with van der Waals surface area (Å²) >= 11 is 2.73. The average molecular weight is 284 g/mol. The number of nitrogens with zero attached hydrogens (tertiary/aromatic N) is 2. The molecule has 0 unspecified atom stereocenters. The van der Waals surface area contributed by atoms with Crippen molar-refractivity contribution in [1.29, 1.82) is 0 Å². The molecule has 3 N–H and O–H groups in total. The van der Waals surface area contributed by atoms with Gasteiger partial charge in [0.1, 0.15) is 15.6 Å². The monoisotopic (exact) mass is 284 g/mol. The molecular weight excluding hydrogens is 272 g/mol. The van der Waals surface area contributed by atoms with Crippen LogP contribution in [0.3, 0.4) is 0 Å². The highest BCUT2D eigenvalue weighted by Gasteiger charge is 2.19. The maximum Gasteiger partial charge on any atom is 0.344 e. The summed E-state index contributed by atoms with van der Waals surface area (Å²) in [4.78, 5) is 16.9. The number of aryl methyl sites for hydroxylation is 1. The molecule has 0 amide bonds. The topological polar surface area (TPSA) is 90.1 Å². The maximum atomic E-state index is 11.5. The quantitative estimate of drug-likeness (QED) is 0.833.